The van der Waals surface area contributed by atoms with Gasteiger partial charge in [-0.2, -0.15) is 4.98 Å². The van der Waals surface area contributed by atoms with Gasteiger partial charge in [-0.3, -0.25) is 9.69 Å². The molecule has 1 N–H and O–H groups in total. The van der Waals surface area contributed by atoms with Crippen LogP contribution >= 0.6 is 0 Å². The van der Waals surface area contributed by atoms with Gasteiger partial charge in [0.25, 0.3) is 0 Å². The summed E-state index contributed by atoms with van der Waals surface area (Å²) >= 11 is 0. The highest BCUT2D eigenvalue weighted by Gasteiger charge is 2.25. The fourth-order valence-corrected chi connectivity index (χ4v) is 2.76. The van der Waals surface area contributed by atoms with Crippen LogP contribution in [0.15, 0.2) is 27.3 Å². The molecule has 0 bridgehead atoms. The predicted octanol–water partition coefficient (Wildman–Crippen LogP) is 2.07. The van der Waals surface area contributed by atoms with Gasteiger partial charge in [0.15, 0.2) is 5.76 Å². The molecule has 1 aliphatic rings. The zero-order valence-electron chi connectivity index (χ0n) is 13.3. The fraction of sp³-hybridized carbons (Fsp3) is 0.562. The van der Waals surface area contributed by atoms with Gasteiger partial charge in [0, 0.05) is 12.5 Å². The van der Waals surface area contributed by atoms with Crippen LogP contribution < -0.4 is 5.32 Å². The molecule has 1 saturated heterocycles. The minimum Gasteiger partial charge on any atom is -0.461 e. The van der Waals surface area contributed by atoms with Gasteiger partial charge in [0.2, 0.25) is 17.6 Å². The number of nitrogens with zero attached hydrogens (tertiary/aromatic N) is 3. The maximum Gasteiger partial charge on any atom is 0.241 e. The largest absolute Gasteiger partial charge is 0.461 e. The SMILES string of the molecule is CCCNC(=O)C1CCN(Cc2nc(-c3ccco3)no2)CC1. The predicted molar refractivity (Wildman–Crippen MR) is 83.3 cm³/mol. The standard InChI is InChI=1S/C16H22N4O3/c1-2-7-17-16(21)12-5-8-20(9-6-12)11-14-18-15(19-23-14)13-4-3-10-22-13/h3-4,10,12H,2,5-9,11H2,1H3,(H,17,21). The van der Waals surface area contributed by atoms with Gasteiger partial charge in [-0.25, -0.2) is 0 Å². The molecule has 1 fully saturated rings. The fourth-order valence-electron chi connectivity index (χ4n) is 2.76. The van der Waals surface area contributed by atoms with E-state index in [9.17, 15) is 4.79 Å². The van der Waals surface area contributed by atoms with E-state index in [0.717, 1.165) is 38.9 Å². The summed E-state index contributed by atoms with van der Waals surface area (Å²) in [6.07, 6.45) is 4.29. The van der Waals surface area contributed by atoms with Crippen molar-refractivity contribution in [2.45, 2.75) is 32.7 Å². The van der Waals surface area contributed by atoms with Crippen LogP contribution in [0.2, 0.25) is 0 Å². The Morgan fingerprint density at radius 2 is 2.26 bits per heavy atom. The van der Waals surface area contributed by atoms with Crippen LogP contribution in [0.4, 0.5) is 0 Å². The second kappa shape index (κ2) is 7.41. The van der Waals surface area contributed by atoms with Crippen LogP contribution in [0.1, 0.15) is 32.1 Å². The second-order valence-corrected chi connectivity index (χ2v) is 5.83. The van der Waals surface area contributed by atoms with Gasteiger partial charge >= 0.3 is 0 Å². The number of carbonyl (C=O) groups excluding carboxylic acids is 1. The first-order valence-electron chi connectivity index (χ1n) is 8.12. The molecule has 0 aliphatic carbocycles. The van der Waals surface area contributed by atoms with Crippen LogP contribution in [0.25, 0.3) is 11.6 Å². The monoisotopic (exact) mass is 318 g/mol. The van der Waals surface area contributed by atoms with Gasteiger partial charge < -0.3 is 14.3 Å². The molecule has 7 nitrogen and oxygen atoms in total. The molecule has 23 heavy (non-hydrogen) atoms. The summed E-state index contributed by atoms with van der Waals surface area (Å²) in [4.78, 5) is 18.6. The maximum absolute atomic E-state index is 12.0. The number of furan rings is 1. The molecule has 0 unspecified atom stereocenters. The van der Waals surface area contributed by atoms with Crippen molar-refractivity contribution in [3.05, 3.63) is 24.3 Å². The maximum atomic E-state index is 12.0. The molecular formula is C16H22N4O3. The van der Waals surface area contributed by atoms with Gasteiger partial charge in [-0.15, -0.1) is 0 Å². The molecule has 7 heteroatoms. The van der Waals surface area contributed by atoms with E-state index in [1.165, 1.54) is 0 Å². The molecule has 0 spiro atoms. The Hall–Kier alpha value is -2.15. The van der Waals surface area contributed by atoms with Crippen molar-refractivity contribution in [2.24, 2.45) is 5.92 Å². The minimum atomic E-state index is 0.124. The molecule has 0 aromatic carbocycles. The van der Waals surface area contributed by atoms with E-state index in [1.807, 2.05) is 0 Å². The molecule has 0 saturated carbocycles. The van der Waals surface area contributed by atoms with E-state index in [1.54, 1.807) is 18.4 Å². The van der Waals surface area contributed by atoms with Gasteiger partial charge in [0.1, 0.15) is 0 Å². The molecule has 3 rings (SSSR count). The quantitative estimate of drug-likeness (QED) is 0.877. The highest BCUT2D eigenvalue weighted by molar-refractivity contribution is 5.78. The van der Waals surface area contributed by atoms with E-state index in [0.29, 0.717) is 24.0 Å². The third-order valence-corrected chi connectivity index (χ3v) is 4.08. The summed E-state index contributed by atoms with van der Waals surface area (Å²) < 4.78 is 10.5. The zero-order valence-corrected chi connectivity index (χ0v) is 13.3. The van der Waals surface area contributed by atoms with E-state index in [2.05, 4.69) is 27.3 Å². The lowest BCUT2D eigenvalue weighted by molar-refractivity contribution is -0.126. The Morgan fingerprint density at radius 1 is 1.43 bits per heavy atom. The summed E-state index contributed by atoms with van der Waals surface area (Å²) in [5.41, 5.74) is 0. The average Bonchev–Trinajstić information content (AvgIpc) is 3.24. The van der Waals surface area contributed by atoms with Crippen molar-refractivity contribution in [3.8, 4) is 11.6 Å². The van der Waals surface area contributed by atoms with Crippen molar-refractivity contribution in [1.82, 2.24) is 20.4 Å². The third kappa shape index (κ3) is 3.98. The summed E-state index contributed by atoms with van der Waals surface area (Å²) in [7, 11) is 0. The summed E-state index contributed by atoms with van der Waals surface area (Å²) in [6, 6.07) is 3.59. The lowest BCUT2D eigenvalue weighted by atomic mass is 9.96. The average molecular weight is 318 g/mol. The van der Waals surface area contributed by atoms with Crippen molar-refractivity contribution in [1.29, 1.82) is 0 Å². The highest BCUT2D eigenvalue weighted by atomic mass is 16.5. The molecule has 124 valence electrons. The van der Waals surface area contributed by atoms with E-state index < -0.39 is 0 Å². The Bertz CT molecular complexity index is 615. The minimum absolute atomic E-state index is 0.124. The third-order valence-electron chi connectivity index (χ3n) is 4.08. The molecule has 0 radical (unpaired) electrons. The topological polar surface area (TPSA) is 84.4 Å². The number of hydrogen-bond acceptors (Lipinski definition) is 6. The zero-order chi connectivity index (χ0) is 16.1. The summed E-state index contributed by atoms with van der Waals surface area (Å²) in [5.74, 6) is 1.96. The number of aromatic nitrogens is 2. The molecule has 1 amide bonds. The van der Waals surface area contributed by atoms with E-state index in [-0.39, 0.29) is 11.8 Å². The molecule has 1 aliphatic heterocycles. The van der Waals surface area contributed by atoms with Gasteiger partial charge in [-0.05, 0) is 44.5 Å². The van der Waals surface area contributed by atoms with Gasteiger partial charge in [-0.1, -0.05) is 12.1 Å². The summed E-state index contributed by atoms with van der Waals surface area (Å²) in [5, 5.41) is 6.91. The smallest absolute Gasteiger partial charge is 0.241 e. The lowest BCUT2D eigenvalue weighted by Crippen LogP contribution is -2.40. The number of amides is 1. The molecule has 2 aromatic heterocycles. The molecule has 3 heterocycles. The Balaban J connectivity index is 1.48. The molecular weight excluding hydrogens is 296 g/mol. The second-order valence-electron chi connectivity index (χ2n) is 5.83. The van der Waals surface area contributed by atoms with E-state index >= 15 is 0 Å². The van der Waals surface area contributed by atoms with Crippen LogP contribution in [0.3, 0.4) is 0 Å². The Morgan fingerprint density at radius 3 is 2.96 bits per heavy atom. The number of rotatable bonds is 6. The van der Waals surface area contributed by atoms with Crippen LogP contribution in [0, 0.1) is 5.92 Å². The normalized spacial score (nSPS) is 16.6. The number of likely N-dealkylation sites (tertiary alicyclic amines) is 1. The number of piperidine rings is 1. The van der Waals surface area contributed by atoms with Crippen molar-refractivity contribution in [3.63, 3.8) is 0 Å². The summed E-state index contributed by atoms with van der Waals surface area (Å²) in [6.45, 7) is 5.16. The first-order valence-corrected chi connectivity index (χ1v) is 8.12. The van der Waals surface area contributed by atoms with Gasteiger partial charge in [0.05, 0.1) is 12.8 Å². The number of nitrogens with one attached hydrogen (secondary N) is 1. The Kier molecular flexibility index (Phi) is 5.07. The van der Waals surface area contributed by atoms with Crippen molar-refractivity contribution >= 4 is 5.91 Å². The van der Waals surface area contributed by atoms with Crippen molar-refractivity contribution < 1.29 is 13.7 Å². The van der Waals surface area contributed by atoms with E-state index in [4.69, 9.17) is 8.94 Å². The number of carbonyl (C=O) groups is 1. The highest BCUT2D eigenvalue weighted by Crippen LogP contribution is 2.20. The first kappa shape index (κ1) is 15.7. The lowest BCUT2D eigenvalue weighted by Gasteiger charge is -2.30. The number of hydrogen-bond donors (Lipinski definition) is 1. The van der Waals surface area contributed by atoms with Crippen LogP contribution in [-0.2, 0) is 11.3 Å². The van der Waals surface area contributed by atoms with Crippen LogP contribution in [-0.4, -0.2) is 40.6 Å². The van der Waals surface area contributed by atoms with Crippen molar-refractivity contribution in [2.75, 3.05) is 19.6 Å². The molecule has 2 aromatic rings. The van der Waals surface area contributed by atoms with Crippen LogP contribution in [0.5, 0.6) is 0 Å². The molecule has 0 atom stereocenters. The Labute approximate surface area is 135 Å². The first-order chi connectivity index (χ1) is 11.3.